The molecule has 2 aliphatic rings. The van der Waals surface area contributed by atoms with E-state index in [1.54, 1.807) is 16.8 Å². The molecule has 6 rings (SSSR count). The Kier molecular flexibility index (Phi) is 5.66. The number of amides is 1. The molecule has 36 heavy (non-hydrogen) atoms. The van der Waals surface area contributed by atoms with Gasteiger partial charge in [-0.2, -0.15) is 5.10 Å². The summed E-state index contributed by atoms with van der Waals surface area (Å²) in [6, 6.07) is 14.7. The minimum absolute atomic E-state index is 0.236. The van der Waals surface area contributed by atoms with Crippen LogP contribution in [0.1, 0.15) is 35.5 Å². The van der Waals surface area contributed by atoms with Gasteiger partial charge in [0.15, 0.2) is 5.65 Å². The zero-order valence-corrected chi connectivity index (χ0v) is 20.6. The number of hydrogen-bond donors (Lipinski definition) is 0. The molecule has 0 N–H and O–H groups in total. The zero-order valence-electron chi connectivity index (χ0n) is 20.6. The van der Waals surface area contributed by atoms with Crippen LogP contribution >= 0.6 is 0 Å². The lowest BCUT2D eigenvalue weighted by Crippen LogP contribution is -2.49. The van der Waals surface area contributed by atoms with Crippen LogP contribution in [0.2, 0.25) is 0 Å². The quantitative estimate of drug-likeness (QED) is 0.424. The third kappa shape index (κ3) is 4.32. The Bertz CT molecular complexity index is 1420. The second-order valence-electron chi connectivity index (χ2n) is 9.88. The highest BCUT2D eigenvalue weighted by Crippen LogP contribution is 2.33. The topological polar surface area (TPSA) is 67.2 Å². The van der Waals surface area contributed by atoms with Crippen LogP contribution in [-0.2, 0) is 11.2 Å². The van der Waals surface area contributed by atoms with E-state index in [1.165, 1.54) is 17.7 Å². The summed E-state index contributed by atoms with van der Waals surface area (Å²) in [5.74, 6) is 1.80. The van der Waals surface area contributed by atoms with E-state index in [4.69, 9.17) is 15.1 Å². The maximum absolute atomic E-state index is 13.6. The van der Waals surface area contributed by atoms with Gasteiger partial charge in [0.2, 0.25) is 5.91 Å². The summed E-state index contributed by atoms with van der Waals surface area (Å²) in [6.45, 7) is 6.85. The average Bonchev–Trinajstić information content (AvgIpc) is 3.69. The molecule has 0 spiro atoms. The van der Waals surface area contributed by atoms with E-state index in [-0.39, 0.29) is 11.7 Å². The van der Waals surface area contributed by atoms with Crippen LogP contribution in [0.5, 0.6) is 0 Å². The molecule has 0 unspecified atom stereocenters. The van der Waals surface area contributed by atoms with Crippen LogP contribution in [0.4, 0.5) is 10.2 Å². The van der Waals surface area contributed by atoms with Crippen LogP contribution in [0.25, 0.3) is 16.7 Å². The van der Waals surface area contributed by atoms with Crippen molar-refractivity contribution in [3.63, 3.8) is 0 Å². The summed E-state index contributed by atoms with van der Waals surface area (Å²) >= 11 is 0. The van der Waals surface area contributed by atoms with Crippen LogP contribution in [0, 0.1) is 25.6 Å². The zero-order chi connectivity index (χ0) is 24.8. The largest absolute Gasteiger partial charge is 0.352 e. The lowest BCUT2D eigenvalue weighted by atomic mass is 10.1. The van der Waals surface area contributed by atoms with Crippen molar-refractivity contribution < 1.29 is 9.18 Å². The number of anilines is 1. The van der Waals surface area contributed by atoms with Gasteiger partial charge in [-0.1, -0.05) is 29.8 Å². The second-order valence-corrected chi connectivity index (χ2v) is 9.88. The van der Waals surface area contributed by atoms with Gasteiger partial charge in [0, 0.05) is 38.5 Å². The van der Waals surface area contributed by atoms with Gasteiger partial charge in [-0.15, -0.1) is 0 Å². The summed E-state index contributed by atoms with van der Waals surface area (Å²) < 4.78 is 15.4. The molecule has 0 atom stereocenters. The fraction of sp³-hybridized carbons (Fsp3) is 0.357. The molecule has 1 saturated heterocycles. The molecule has 0 bridgehead atoms. The fourth-order valence-electron chi connectivity index (χ4n) is 4.89. The van der Waals surface area contributed by atoms with Crippen LogP contribution in [0.15, 0.2) is 48.5 Å². The summed E-state index contributed by atoms with van der Waals surface area (Å²) in [4.78, 5) is 26.8. The Balaban J connectivity index is 1.40. The molecule has 2 fully saturated rings. The molecule has 2 aromatic carbocycles. The lowest BCUT2D eigenvalue weighted by Gasteiger charge is -2.36. The van der Waals surface area contributed by atoms with Gasteiger partial charge < -0.3 is 9.80 Å². The number of piperazine rings is 1. The van der Waals surface area contributed by atoms with E-state index in [1.807, 2.05) is 11.8 Å². The monoisotopic (exact) mass is 484 g/mol. The van der Waals surface area contributed by atoms with Gasteiger partial charge in [-0.05, 0) is 56.5 Å². The Morgan fingerprint density at radius 1 is 0.944 bits per heavy atom. The molecular weight excluding hydrogens is 455 g/mol. The predicted molar refractivity (Wildman–Crippen MR) is 137 cm³/mol. The standard InChI is InChI=1S/C28H29FN6O/c1-18-3-5-20(6-4-18)17-24-30-26(33-13-15-34(16-14-33)28(36)21-7-8-21)25-19(2)32-35(27(25)31-24)23-11-9-22(29)10-12-23/h3-6,9-12,21H,7-8,13-17H2,1-2H3. The highest BCUT2D eigenvalue weighted by Gasteiger charge is 2.35. The van der Waals surface area contributed by atoms with Gasteiger partial charge in [0.25, 0.3) is 0 Å². The molecule has 1 aliphatic heterocycles. The van der Waals surface area contributed by atoms with Crippen LogP contribution < -0.4 is 4.90 Å². The minimum atomic E-state index is -0.291. The van der Waals surface area contributed by atoms with Crippen molar-refractivity contribution in [2.24, 2.45) is 5.92 Å². The molecule has 3 heterocycles. The number of carbonyl (C=O) groups is 1. The number of halogens is 1. The molecule has 1 saturated carbocycles. The van der Waals surface area contributed by atoms with Crippen molar-refractivity contribution in [3.05, 3.63) is 77.0 Å². The van der Waals surface area contributed by atoms with Crippen molar-refractivity contribution in [1.29, 1.82) is 0 Å². The lowest BCUT2D eigenvalue weighted by molar-refractivity contribution is -0.132. The highest BCUT2D eigenvalue weighted by atomic mass is 19.1. The highest BCUT2D eigenvalue weighted by molar-refractivity contribution is 5.91. The van der Waals surface area contributed by atoms with Gasteiger partial charge in [-0.25, -0.2) is 19.0 Å². The Morgan fingerprint density at radius 2 is 1.64 bits per heavy atom. The third-order valence-electron chi connectivity index (χ3n) is 7.10. The van der Waals surface area contributed by atoms with E-state index in [2.05, 4.69) is 36.1 Å². The van der Waals surface area contributed by atoms with Crippen molar-refractivity contribution in [3.8, 4) is 5.69 Å². The number of benzene rings is 2. The fourth-order valence-corrected chi connectivity index (χ4v) is 4.89. The smallest absolute Gasteiger partial charge is 0.225 e. The predicted octanol–water partition coefficient (Wildman–Crippen LogP) is 4.22. The molecular formula is C28H29FN6O. The molecule has 2 aromatic heterocycles. The van der Waals surface area contributed by atoms with Gasteiger partial charge in [0.05, 0.1) is 16.8 Å². The Labute approximate surface area is 209 Å². The first-order chi connectivity index (χ1) is 17.5. The normalized spacial score (nSPS) is 16.1. The number of fused-ring (bicyclic) bond motifs is 1. The average molecular weight is 485 g/mol. The third-order valence-corrected chi connectivity index (χ3v) is 7.10. The molecule has 8 heteroatoms. The van der Waals surface area contributed by atoms with E-state index in [0.29, 0.717) is 36.9 Å². The Morgan fingerprint density at radius 3 is 2.31 bits per heavy atom. The van der Waals surface area contributed by atoms with Crippen LogP contribution in [-0.4, -0.2) is 56.7 Å². The maximum Gasteiger partial charge on any atom is 0.225 e. The first-order valence-electron chi connectivity index (χ1n) is 12.6. The first-order valence-corrected chi connectivity index (χ1v) is 12.6. The van der Waals surface area contributed by atoms with Crippen molar-refractivity contribution in [2.75, 3.05) is 31.1 Å². The summed E-state index contributed by atoms with van der Waals surface area (Å²) in [7, 11) is 0. The number of hydrogen-bond acceptors (Lipinski definition) is 5. The molecule has 184 valence electrons. The second kappa shape index (κ2) is 9.00. The summed E-state index contributed by atoms with van der Waals surface area (Å²) in [5.41, 5.74) is 4.63. The van der Waals surface area contributed by atoms with E-state index in [9.17, 15) is 9.18 Å². The number of aryl methyl sites for hydroxylation is 2. The SMILES string of the molecule is Cc1ccc(Cc2nc(N3CCN(C(=O)C4CC4)CC3)c3c(C)nn(-c4ccc(F)cc4)c3n2)cc1. The number of carbonyl (C=O) groups excluding carboxylic acids is 1. The van der Waals surface area contributed by atoms with Crippen LogP contribution in [0.3, 0.4) is 0 Å². The van der Waals surface area contributed by atoms with E-state index >= 15 is 0 Å². The number of nitrogens with zero attached hydrogens (tertiary/aromatic N) is 6. The van der Waals surface area contributed by atoms with Crippen molar-refractivity contribution in [2.45, 2.75) is 33.1 Å². The number of rotatable bonds is 5. The maximum atomic E-state index is 13.6. The van der Waals surface area contributed by atoms with E-state index in [0.717, 1.165) is 54.1 Å². The van der Waals surface area contributed by atoms with Gasteiger partial charge in [0.1, 0.15) is 17.5 Å². The van der Waals surface area contributed by atoms with E-state index < -0.39 is 0 Å². The van der Waals surface area contributed by atoms with Gasteiger partial charge >= 0.3 is 0 Å². The van der Waals surface area contributed by atoms with Crippen molar-refractivity contribution in [1.82, 2.24) is 24.6 Å². The number of aromatic nitrogens is 4. The molecule has 7 nitrogen and oxygen atoms in total. The molecule has 0 radical (unpaired) electrons. The van der Waals surface area contributed by atoms with Crippen molar-refractivity contribution >= 4 is 22.8 Å². The minimum Gasteiger partial charge on any atom is -0.352 e. The van der Waals surface area contributed by atoms with Gasteiger partial charge in [-0.3, -0.25) is 4.79 Å². The molecule has 1 amide bonds. The summed E-state index contributed by atoms with van der Waals surface area (Å²) in [6.07, 6.45) is 2.64. The molecule has 4 aromatic rings. The summed E-state index contributed by atoms with van der Waals surface area (Å²) in [5, 5.41) is 5.68. The Hall–Kier alpha value is -3.81. The first kappa shape index (κ1) is 22.6. The molecule has 1 aliphatic carbocycles.